The number of ketones is 1. The van der Waals surface area contributed by atoms with Crippen LogP contribution >= 0.6 is 0 Å². The van der Waals surface area contributed by atoms with Gasteiger partial charge in [-0.25, -0.2) is 4.79 Å². The molecule has 0 spiro atoms. The fourth-order valence-corrected chi connectivity index (χ4v) is 6.18. The molecule has 0 unspecified atom stereocenters. The van der Waals surface area contributed by atoms with Crippen LogP contribution in [0.2, 0.25) is 0 Å². The van der Waals surface area contributed by atoms with Crippen molar-refractivity contribution in [3.05, 3.63) is 108 Å². The van der Waals surface area contributed by atoms with Crippen LogP contribution in [0.4, 0.5) is 0 Å². The fourth-order valence-electron chi connectivity index (χ4n) is 6.18. The van der Waals surface area contributed by atoms with Crippen LogP contribution in [0.5, 0.6) is 0 Å². The second kappa shape index (κ2) is 12.4. The average molecular weight is 539 g/mol. The van der Waals surface area contributed by atoms with Gasteiger partial charge in [-0.2, -0.15) is 0 Å². The molecule has 0 amide bonds. The molecule has 3 aromatic rings. The number of rotatable bonds is 12. The fraction of sp³-hybridized carbons (Fsp3) is 0.324. The van der Waals surface area contributed by atoms with Gasteiger partial charge in [0.15, 0.2) is 5.78 Å². The van der Waals surface area contributed by atoms with Gasteiger partial charge < -0.3 is 14.6 Å². The molecule has 4 atom stereocenters. The summed E-state index contributed by atoms with van der Waals surface area (Å²) in [5.41, 5.74) is 2.59. The SMILES string of the molecule is O=C(O)CCCC=CC[C@@H]1[C@@H](COC(=O)c2ccccc2)[C@H]2C[C@@]1(C(=O)c1ccc(-c3ccccc3)cc1)CO2. The third-order valence-electron chi connectivity index (χ3n) is 8.27. The molecule has 3 aromatic carbocycles. The molecule has 1 aliphatic carbocycles. The molecule has 6 heteroatoms. The lowest BCUT2D eigenvalue weighted by Crippen LogP contribution is -2.43. The molecule has 0 aromatic heterocycles. The number of carboxylic acid groups (broad SMARTS) is 1. The maximum Gasteiger partial charge on any atom is 0.338 e. The molecule has 1 N–H and O–H groups in total. The number of carboxylic acids is 1. The van der Waals surface area contributed by atoms with E-state index in [4.69, 9.17) is 14.6 Å². The van der Waals surface area contributed by atoms with E-state index in [0.717, 1.165) is 11.1 Å². The van der Waals surface area contributed by atoms with E-state index in [0.29, 0.717) is 43.4 Å². The predicted octanol–water partition coefficient (Wildman–Crippen LogP) is 6.62. The van der Waals surface area contributed by atoms with Gasteiger partial charge in [-0.15, -0.1) is 0 Å². The lowest BCUT2D eigenvalue weighted by atomic mass is 9.69. The lowest BCUT2D eigenvalue weighted by Gasteiger charge is -2.37. The zero-order valence-electron chi connectivity index (χ0n) is 22.4. The first-order valence-electron chi connectivity index (χ1n) is 13.9. The highest BCUT2D eigenvalue weighted by atomic mass is 16.5. The minimum atomic E-state index is -0.804. The van der Waals surface area contributed by atoms with E-state index in [1.807, 2.05) is 72.8 Å². The molecule has 1 aliphatic heterocycles. The van der Waals surface area contributed by atoms with E-state index in [1.54, 1.807) is 24.3 Å². The van der Waals surface area contributed by atoms with Gasteiger partial charge in [0, 0.05) is 17.9 Å². The van der Waals surface area contributed by atoms with Gasteiger partial charge in [0.05, 0.1) is 30.3 Å². The summed E-state index contributed by atoms with van der Waals surface area (Å²) < 4.78 is 11.9. The molecule has 2 aliphatic rings. The lowest BCUT2D eigenvalue weighted by molar-refractivity contribution is -0.137. The molecule has 6 nitrogen and oxygen atoms in total. The van der Waals surface area contributed by atoms with Crippen molar-refractivity contribution in [2.24, 2.45) is 17.3 Å². The average Bonchev–Trinajstić information content (AvgIpc) is 3.56. The Kier molecular flexibility index (Phi) is 8.56. The number of fused-ring (bicyclic) bond motifs is 2. The molecule has 1 saturated heterocycles. The molecular formula is C34H34O6. The maximum absolute atomic E-state index is 14.1. The van der Waals surface area contributed by atoms with E-state index in [1.165, 1.54) is 0 Å². The number of Topliss-reactive ketones (excluding diaryl/α,β-unsaturated/α-hetero) is 1. The van der Waals surface area contributed by atoms with Crippen LogP contribution in [-0.2, 0) is 14.3 Å². The van der Waals surface area contributed by atoms with E-state index in [-0.39, 0.29) is 42.7 Å². The number of carbonyl (C=O) groups excluding carboxylic acids is 2. The number of esters is 1. The van der Waals surface area contributed by atoms with Crippen LogP contribution in [0, 0.1) is 17.3 Å². The summed E-state index contributed by atoms with van der Waals surface area (Å²) >= 11 is 0. The molecule has 2 bridgehead atoms. The van der Waals surface area contributed by atoms with Crippen LogP contribution < -0.4 is 0 Å². The Hall–Kier alpha value is -4.03. The Morgan fingerprint density at radius 1 is 0.875 bits per heavy atom. The first-order chi connectivity index (χ1) is 19.5. The van der Waals surface area contributed by atoms with Crippen molar-refractivity contribution >= 4 is 17.7 Å². The number of hydrogen-bond acceptors (Lipinski definition) is 5. The molecule has 0 radical (unpaired) electrons. The molecular weight excluding hydrogens is 504 g/mol. The van der Waals surface area contributed by atoms with Crippen LogP contribution in [0.1, 0.15) is 52.8 Å². The van der Waals surface area contributed by atoms with E-state index in [9.17, 15) is 14.4 Å². The normalized spacial score (nSPS) is 23.4. The number of benzene rings is 3. The Bertz CT molecular complexity index is 1350. The highest BCUT2D eigenvalue weighted by molar-refractivity contribution is 6.02. The highest BCUT2D eigenvalue weighted by Gasteiger charge is 2.62. The summed E-state index contributed by atoms with van der Waals surface area (Å²) in [6, 6.07) is 26.7. The third-order valence-corrected chi connectivity index (χ3v) is 8.27. The van der Waals surface area contributed by atoms with Crippen LogP contribution in [0.15, 0.2) is 97.1 Å². The summed E-state index contributed by atoms with van der Waals surface area (Å²) in [7, 11) is 0. The number of unbranched alkanes of at least 4 members (excludes halogenated alkanes) is 1. The Balaban J connectivity index is 1.34. The van der Waals surface area contributed by atoms with Gasteiger partial charge >= 0.3 is 11.9 Å². The van der Waals surface area contributed by atoms with E-state index in [2.05, 4.69) is 0 Å². The van der Waals surface area contributed by atoms with Crippen LogP contribution in [-0.4, -0.2) is 42.1 Å². The first-order valence-corrected chi connectivity index (χ1v) is 13.9. The second-order valence-electron chi connectivity index (χ2n) is 10.7. The molecule has 206 valence electrons. The van der Waals surface area contributed by atoms with E-state index < -0.39 is 11.4 Å². The number of aliphatic carboxylic acids is 1. The van der Waals surface area contributed by atoms with Crippen molar-refractivity contribution in [2.75, 3.05) is 13.2 Å². The van der Waals surface area contributed by atoms with Crippen LogP contribution in [0.25, 0.3) is 11.1 Å². The Morgan fingerprint density at radius 2 is 1.55 bits per heavy atom. The summed E-state index contributed by atoms with van der Waals surface area (Å²) in [4.78, 5) is 37.7. The largest absolute Gasteiger partial charge is 0.481 e. The molecule has 1 heterocycles. The standard InChI is InChI=1S/C34H34O6/c35-31(36)16-10-2-1-9-15-29-28(22-39-33(38)27-13-7-4-8-14-27)30-21-34(29,23-40-30)32(37)26-19-17-25(18-20-26)24-11-5-3-6-12-24/h1,3-9,11-14,17-20,28-30H,2,10,15-16,21-23H2,(H,35,36)/t28-,29-,30-,34-/m1/s1. The zero-order chi connectivity index (χ0) is 28.0. The number of ether oxygens (including phenoxy) is 2. The van der Waals surface area contributed by atoms with Gasteiger partial charge in [-0.3, -0.25) is 9.59 Å². The Morgan fingerprint density at radius 3 is 2.25 bits per heavy atom. The van der Waals surface area contributed by atoms with Gasteiger partial charge in [-0.05, 0) is 54.9 Å². The Labute approximate surface area is 234 Å². The van der Waals surface area contributed by atoms with Crippen molar-refractivity contribution in [3.63, 3.8) is 0 Å². The highest BCUT2D eigenvalue weighted by Crippen LogP contribution is 2.57. The number of allylic oxidation sites excluding steroid dienone is 2. The van der Waals surface area contributed by atoms with Crippen molar-refractivity contribution in [1.82, 2.24) is 0 Å². The minimum Gasteiger partial charge on any atom is -0.481 e. The van der Waals surface area contributed by atoms with Crippen molar-refractivity contribution in [1.29, 1.82) is 0 Å². The zero-order valence-corrected chi connectivity index (χ0v) is 22.4. The quantitative estimate of drug-likeness (QED) is 0.121. The van der Waals surface area contributed by atoms with Gasteiger partial charge in [0.2, 0.25) is 0 Å². The minimum absolute atomic E-state index is 0.0631. The molecule has 5 rings (SSSR count). The van der Waals surface area contributed by atoms with Crippen molar-refractivity contribution in [3.8, 4) is 11.1 Å². The molecule has 1 saturated carbocycles. The topological polar surface area (TPSA) is 89.9 Å². The smallest absolute Gasteiger partial charge is 0.338 e. The van der Waals surface area contributed by atoms with E-state index >= 15 is 0 Å². The number of hydrogen-bond donors (Lipinski definition) is 1. The van der Waals surface area contributed by atoms with Crippen molar-refractivity contribution in [2.45, 2.75) is 38.2 Å². The van der Waals surface area contributed by atoms with Gasteiger partial charge in [-0.1, -0.05) is 84.9 Å². The maximum atomic E-state index is 14.1. The van der Waals surface area contributed by atoms with Gasteiger partial charge in [0.25, 0.3) is 0 Å². The second-order valence-corrected chi connectivity index (χ2v) is 10.7. The van der Waals surface area contributed by atoms with Crippen LogP contribution in [0.3, 0.4) is 0 Å². The summed E-state index contributed by atoms with van der Waals surface area (Å²) in [6.45, 7) is 0.523. The first kappa shape index (κ1) is 27.5. The molecule has 2 fully saturated rings. The van der Waals surface area contributed by atoms with Gasteiger partial charge in [0.1, 0.15) is 0 Å². The van der Waals surface area contributed by atoms with Crippen molar-refractivity contribution < 1.29 is 29.0 Å². The number of carbonyl (C=O) groups is 3. The predicted molar refractivity (Wildman–Crippen MR) is 152 cm³/mol. The summed E-state index contributed by atoms with van der Waals surface area (Å²) in [5, 5.41) is 8.90. The monoisotopic (exact) mass is 538 g/mol. The third kappa shape index (κ3) is 5.92. The summed E-state index contributed by atoms with van der Waals surface area (Å²) in [6.07, 6.45) is 6.46. The summed E-state index contributed by atoms with van der Waals surface area (Å²) in [5.74, 6) is -1.30. The molecule has 40 heavy (non-hydrogen) atoms.